The van der Waals surface area contributed by atoms with Gasteiger partial charge in [-0.25, -0.2) is 0 Å². The first kappa shape index (κ1) is 10.4. The monoisotopic (exact) mass is 217 g/mol. The number of benzene rings is 1. The van der Waals surface area contributed by atoms with E-state index in [1.165, 1.54) is 6.26 Å². The molecule has 0 amide bonds. The van der Waals surface area contributed by atoms with Crippen molar-refractivity contribution in [3.05, 3.63) is 41.8 Å². The standard InChI is InChI=1S/C12H11NO3/c1-8-4-2-3-5-9(8)10-7-16-13-11(10)6-12(14)15/h2-5,7H,6H2,1H3,(H,14,15). The number of carbonyl (C=O) groups is 1. The first-order valence-electron chi connectivity index (χ1n) is 4.89. The van der Waals surface area contributed by atoms with Crippen LogP contribution in [0.4, 0.5) is 0 Å². The van der Waals surface area contributed by atoms with Crippen LogP contribution >= 0.6 is 0 Å². The first-order chi connectivity index (χ1) is 7.68. The lowest BCUT2D eigenvalue weighted by molar-refractivity contribution is -0.136. The molecule has 4 heteroatoms. The molecule has 0 saturated carbocycles. The molecule has 4 nitrogen and oxygen atoms in total. The van der Waals surface area contributed by atoms with Crippen LogP contribution in [0.5, 0.6) is 0 Å². The van der Waals surface area contributed by atoms with Crippen LogP contribution in [0.1, 0.15) is 11.3 Å². The number of nitrogens with zero attached hydrogens (tertiary/aromatic N) is 1. The van der Waals surface area contributed by atoms with Crippen LogP contribution in [-0.4, -0.2) is 16.2 Å². The van der Waals surface area contributed by atoms with Crippen molar-refractivity contribution < 1.29 is 14.4 Å². The molecule has 2 aromatic rings. The molecule has 16 heavy (non-hydrogen) atoms. The zero-order chi connectivity index (χ0) is 11.5. The van der Waals surface area contributed by atoms with Crippen LogP contribution in [0, 0.1) is 6.92 Å². The largest absolute Gasteiger partial charge is 0.481 e. The molecular weight excluding hydrogens is 206 g/mol. The minimum Gasteiger partial charge on any atom is -0.481 e. The van der Waals surface area contributed by atoms with Gasteiger partial charge in [0.2, 0.25) is 0 Å². The number of aryl methyl sites for hydroxylation is 1. The van der Waals surface area contributed by atoms with Gasteiger partial charge in [0, 0.05) is 5.56 Å². The van der Waals surface area contributed by atoms with Crippen molar-refractivity contribution in [2.45, 2.75) is 13.3 Å². The lowest BCUT2D eigenvalue weighted by Crippen LogP contribution is -2.01. The maximum atomic E-state index is 10.7. The summed E-state index contributed by atoms with van der Waals surface area (Å²) in [6.07, 6.45) is 1.36. The second-order valence-corrected chi connectivity index (χ2v) is 3.56. The molecule has 1 heterocycles. The minimum atomic E-state index is -0.913. The van der Waals surface area contributed by atoms with Gasteiger partial charge in [0.15, 0.2) is 0 Å². The van der Waals surface area contributed by atoms with E-state index >= 15 is 0 Å². The van der Waals surface area contributed by atoms with E-state index in [2.05, 4.69) is 5.16 Å². The molecule has 0 aliphatic carbocycles. The maximum Gasteiger partial charge on any atom is 0.309 e. The molecule has 0 unspecified atom stereocenters. The van der Waals surface area contributed by atoms with Gasteiger partial charge in [-0.3, -0.25) is 4.79 Å². The quantitative estimate of drug-likeness (QED) is 0.856. The second kappa shape index (κ2) is 4.18. The van der Waals surface area contributed by atoms with Crippen molar-refractivity contribution in [3.8, 4) is 11.1 Å². The van der Waals surface area contributed by atoms with E-state index in [9.17, 15) is 4.79 Å². The van der Waals surface area contributed by atoms with E-state index in [4.69, 9.17) is 9.63 Å². The summed E-state index contributed by atoms with van der Waals surface area (Å²) in [5.41, 5.74) is 3.24. The van der Waals surface area contributed by atoms with Crippen LogP contribution in [0.3, 0.4) is 0 Å². The molecule has 0 bridgehead atoms. The summed E-state index contributed by atoms with van der Waals surface area (Å²) in [5.74, 6) is -0.913. The maximum absolute atomic E-state index is 10.7. The molecule has 1 aromatic heterocycles. The highest BCUT2D eigenvalue weighted by Crippen LogP contribution is 2.26. The van der Waals surface area contributed by atoms with Gasteiger partial charge in [-0.1, -0.05) is 29.4 Å². The van der Waals surface area contributed by atoms with Gasteiger partial charge in [0.25, 0.3) is 0 Å². The highest BCUT2D eigenvalue weighted by molar-refractivity contribution is 5.75. The smallest absolute Gasteiger partial charge is 0.309 e. The third-order valence-electron chi connectivity index (χ3n) is 2.40. The molecular formula is C12H11NO3. The average molecular weight is 217 g/mol. The Morgan fingerprint density at radius 2 is 2.12 bits per heavy atom. The minimum absolute atomic E-state index is 0.125. The predicted molar refractivity (Wildman–Crippen MR) is 58.0 cm³/mol. The van der Waals surface area contributed by atoms with Crippen molar-refractivity contribution in [2.75, 3.05) is 0 Å². The van der Waals surface area contributed by atoms with E-state index < -0.39 is 5.97 Å². The van der Waals surface area contributed by atoms with Crippen molar-refractivity contribution in [2.24, 2.45) is 0 Å². The van der Waals surface area contributed by atoms with Crippen molar-refractivity contribution >= 4 is 5.97 Å². The number of aliphatic carboxylic acids is 1. The van der Waals surface area contributed by atoms with E-state index in [0.717, 1.165) is 16.7 Å². The normalized spacial score (nSPS) is 10.3. The van der Waals surface area contributed by atoms with Crippen LogP contribution in [0.15, 0.2) is 35.1 Å². The Hall–Kier alpha value is -2.10. The third kappa shape index (κ3) is 1.95. The van der Waals surface area contributed by atoms with E-state index in [1.54, 1.807) is 0 Å². The molecule has 82 valence electrons. The number of rotatable bonds is 3. The highest BCUT2D eigenvalue weighted by Gasteiger charge is 2.14. The van der Waals surface area contributed by atoms with Crippen LogP contribution in [0.2, 0.25) is 0 Å². The Morgan fingerprint density at radius 1 is 1.38 bits per heavy atom. The summed E-state index contributed by atoms with van der Waals surface area (Å²) in [6.45, 7) is 1.97. The van der Waals surface area contributed by atoms with Gasteiger partial charge >= 0.3 is 5.97 Å². The lowest BCUT2D eigenvalue weighted by atomic mass is 10.0. The Bertz CT molecular complexity index is 516. The number of carboxylic acid groups (broad SMARTS) is 1. The van der Waals surface area contributed by atoms with E-state index in [1.807, 2.05) is 31.2 Å². The van der Waals surface area contributed by atoms with Crippen LogP contribution in [0.25, 0.3) is 11.1 Å². The zero-order valence-electron chi connectivity index (χ0n) is 8.80. The lowest BCUT2D eigenvalue weighted by Gasteiger charge is -2.03. The van der Waals surface area contributed by atoms with Gasteiger partial charge in [0.05, 0.1) is 6.42 Å². The summed E-state index contributed by atoms with van der Waals surface area (Å²) >= 11 is 0. The third-order valence-corrected chi connectivity index (χ3v) is 2.40. The van der Waals surface area contributed by atoms with E-state index in [-0.39, 0.29) is 6.42 Å². The zero-order valence-corrected chi connectivity index (χ0v) is 8.80. The Morgan fingerprint density at radius 3 is 2.81 bits per heavy atom. The fourth-order valence-electron chi connectivity index (χ4n) is 1.62. The Balaban J connectivity index is 2.45. The molecule has 0 atom stereocenters. The summed E-state index contributed by atoms with van der Waals surface area (Å²) in [4.78, 5) is 10.7. The fourth-order valence-corrected chi connectivity index (χ4v) is 1.62. The van der Waals surface area contributed by atoms with Gasteiger partial charge in [-0.2, -0.15) is 0 Å². The van der Waals surface area contributed by atoms with Crippen molar-refractivity contribution in [3.63, 3.8) is 0 Å². The Labute approximate surface area is 92.5 Å². The summed E-state index contributed by atoms with van der Waals surface area (Å²) in [6, 6.07) is 7.73. The molecule has 1 aromatic carbocycles. The first-order valence-corrected chi connectivity index (χ1v) is 4.89. The number of hydrogen-bond acceptors (Lipinski definition) is 3. The average Bonchev–Trinajstić information content (AvgIpc) is 2.66. The summed E-state index contributed by atoms with van der Waals surface area (Å²) in [5, 5.41) is 12.5. The summed E-state index contributed by atoms with van der Waals surface area (Å²) < 4.78 is 4.84. The molecule has 0 saturated heterocycles. The number of aromatic nitrogens is 1. The molecule has 0 aliphatic rings. The second-order valence-electron chi connectivity index (χ2n) is 3.56. The van der Waals surface area contributed by atoms with Gasteiger partial charge < -0.3 is 9.63 Å². The molecule has 0 aliphatic heterocycles. The van der Waals surface area contributed by atoms with Crippen molar-refractivity contribution in [1.29, 1.82) is 0 Å². The molecule has 0 fully saturated rings. The van der Waals surface area contributed by atoms with Crippen molar-refractivity contribution in [1.82, 2.24) is 5.16 Å². The number of carboxylic acids is 1. The Kier molecular flexibility index (Phi) is 2.72. The summed E-state index contributed by atoms with van der Waals surface area (Å²) in [7, 11) is 0. The van der Waals surface area contributed by atoms with Crippen LogP contribution < -0.4 is 0 Å². The topological polar surface area (TPSA) is 63.3 Å². The van der Waals surface area contributed by atoms with Gasteiger partial charge in [0.1, 0.15) is 12.0 Å². The highest BCUT2D eigenvalue weighted by atomic mass is 16.5. The molecule has 0 spiro atoms. The predicted octanol–water partition coefficient (Wildman–Crippen LogP) is 2.28. The number of hydrogen-bond donors (Lipinski definition) is 1. The van der Waals surface area contributed by atoms with Gasteiger partial charge in [-0.05, 0) is 18.1 Å². The van der Waals surface area contributed by atoms with Gasteiger partial charge in [-0.15, -0.1) is 0 Å². The molecule has 0 radical (unpaired) electrons. The van der Waals surface area contributed by atoms with Crippen LogP contribution in [-0.2, 0) is 11.2 Å². The van der Waals surface area contributed by atoms with E-state index in [0.29, 0.717) is 5.69 Å². The molecule has 1 N–H and O–H groups in total. The fraction of sp³-hybridized carbons (Fsp3) is 0.167. The SMILES string of the molecule is Cc1ccccc1-c1conc1CC(=O)O. The molecule has 2 rings (SSSR count).